The number of hydrogen-bond acceptors (Lipinski definition) is 4. The highest BCUT2D eigenvalue weighted by Crippen LogP contribution is 2.37. The van der Waals surface area contributed by atoms with Crippen LogP contribution in [0.5, 0.6) is 0 Å². The minimum Gasteiger partial charge on any atom is -0.465 e. The molecule has 21 heavy (non-hydrogen) atoms. The van der Waals surface area contributed by atoms with Crippen molar-refractivity contribution in [3.63, 3.8) is 0 Å². The quantitative estimate of drug-likeness (QED) is 0.771. The van der Waals surface area contributed by atoms with Crippen molar-refractivity contribution < 1.29 is 9.53 Å². The molecule has 1 heterocycles. The molecule has 0 aliphatic heterocycles. The molecule has 1 aliphatic rings. The van der Waals surface area contributed by atoms with Gasteiger partial charge in [-0.05, 0) is 42.5 Å². The third kappa shape index (κ3) is 3.32. The first kappa shape index (κ1) is 15.7. The number of benzene rings is 1. The van der Waals surface area contributed by atoms with Crippen molar-refractivity contribution in [2.75, 3.05) is 7.11 Å². The molecule has 0 spiro atoms. The van der Waals surface area contributed by atoms with E-state index in [1.54, 1.807) is 11.3 Å². The molecule has 0 saturated heterocycles. The number of esters is 1. The second-order valence-corrected chi connectivity index (χ2v) is 5.65. The van der Waals surface area contributed by atoms with Gasteiger partial charge >= 0.3 is 5.97 Å². The molecule has 1 unspecified atom stereocenters. The van der Waals surface area contributed by atoms with Crippen molar-refractivity contribution in [3.05, 3.63) is 51.5 Å². The summed E-state index contributed by atoms with van der Waals surface area (Å²) in [5, 5.41) is 3.19. The summed E-state index contributed by atoms with van der Waals surface area (Å²) in [6.45, 7) is 4.00. The molecule has 1 aliphatic carbocycles. The first-order valence-electron chi connectivity index (χ1n) is 7.40. The van der Waals surface area contributed by atoms with Gasteiger partial charge < -0.3 is 4.74 Å². The number of nitrogens with zero attached hydrogens (tertiary/aromatic N) is 1. The molecular weight excluding hydrogens is 282 g/mol. The first-order chi connectivity index (χ1) is 10.3. The second-order valence-electron chi connectivity index (χ2n) is 4.72. The number of thiazole rings is 1. The number of aryl methyl sites for hydroxylation is 1. The summed E-state index contributed by atoms with van der Waals surface area (Å²) in [5.74, 6) is 0.120. The lowest BCUT2D eigenvalue weighted by Gasteiger charge is -2.24. The number of methoxy groups -OCH3 is 1. The molecule has 0 amide bonds. The normalized spacial score (nSPS) is 16.4. The van der Waals surface area contributed by atoms with Crippen molar-refractivity contribution in [2.45, 2.75) is 39.0 Å². The molecule has 0 bridgehead atoms. The summed E-state index contributed by atoms with van der Waals surface area (Å²) in [6, 6.07) is 5.89. The minimum absolute atomic E-state index is 0.265. The predicted octanol–water partition coefficient (Wildman–Crippen LogP) is 4.42. The predicted molar refractivity (Wildman–Crippen MR) is 86.0 cm³/mol. The zero-order valence-electron chi connectivity index (χ0n) is 12.8. The minimum atomic E-state index is -0.265. The summed E-state index contributed by atoms with van der Waals surface area (Å²) in [4.78, 5) is 16.0. The van der Waals surface area contributed by atoms with Gasteiger partial charge in [-0.1, -0.05) is 19.9 Å². The number of hydrogen-bond donors (Lipinski definition) is 0. The van der Waals surface area contributed by atoms with E-state index in [0.29, 0.717) is 11.5 Å². The lowest BCUT2D eigenvalue weighted by Crippen LogP contribution is -2.12. The molecule has 3 rings (SSSR count). The fourth-order valence-electron chi connectivity index (χ4n) is 2.72. The van der Waals surface area contributed by atoms with Crippen molar-refractivity contribution in [3.8, 4) is 0 Å². The maximum Gasteiger partial charge on any atom is 0.337 e. The van der Waals surface area contributed by atoms with Crippen LogP contribution in [-0.2, 0) is 11.2 Å². The van der Waals surface area contributed by atoms with E-state index in [0.717, 1.165) is 19.3 Å². The fourth-order valence-corrected chi connectivity index (χ4v) is 3.51. The third-order valence-electron chi connectivity index (χ3n) is 3.63. The Hall–Kier alpha value is -1.68. The first-order valence-corrected chi connectivity index (χ1v) is 8.28. The van der Waals surface area contributed by atoms with Gasteiger partial charge in [0.25, 0.3) is 0 Å². The fraction of sp³-hybridized carbons (Fsp3) is 0.412. The topological polar surface area (TPSA) is 39.2 Å². The Balaban J connectivity index is 0.000000774. The van der Waals surface area contributed by atoms with Crippen LogP contribution in [0.15, 0.2) is 29.8 Å². The van der Waals surface area contributed by atoms with Crippen LogP contribution in [-0.4, -0.2) is 18.1 Å². The smallest absolute Gasteiger partial charge is 0.337 e. The van der Waals surface area contributed by atoms with E-state index in [1.165, 1.54) is 23.2 Å². The summed E-state index contributed by atoms with van der Waals surface area (Å²) in [7, 11) is 1.42. The molecule has 112 valence electrons. The van der Waals surface area contributed by atoms with Gasteiger partial charge in [0.2, 0.25) is 0 Å². The Morgan fingerprint density at radius 3 is 2.86 bits per heavy atom. The van der Waals surface area contributed by atoms with E-state index in [2.05, 4.69) is 11.1 Å². The van der Waals surface area contributed by atoms with E-state index in [9.17, 15) is 4.79 Å². The van der Waals surface area contributed by atoms with Crippen LogP contribution in [0.4, 0.5) is 0 Å². The summed E-state index contributed by atoms with van der Waals surface area (Å²) in [5.41, 5.74) is 3.21. The van der Waals surface area contributed by atoms with Gasteiger partial charge in [-0.25, -0.2) is 9.78 Å². The van der Waals surface area contributed by atoms with Gasteiger partial charge in [0.15, 0.2) is 0 Å². The molecule has 1 aromatic carbocycles. The molecule has 1 atom stereocenters. The van der Waals surface area contributed by atoms with Gasteiger partial charge in [-0.2, -0.15) is 0 Å². The molecule has 0 N–H and O–H groups in total. The largest absolute Gasteiger partial charge is 0.465 e. The van der Waals surface area contributed by atoms with E-state index in [1.807, 2.05) is 37.6 Å². The monoisotopic (exact) mass is 303 g/mol. The maximum absolute atomic E-state index is 11.6. The van der Waals surface area contributed by atoms with Gasteiger partial charge in [-0.15, -0.1) is 11.3 Å². The van der Waals surface area contributed by atoms with Crippen molar-refractivity contribution in [1.29, 1.82) is 0 Å². The standard InChI is InChI=1S/C15H15NO2S.C2H6/c1-18-15(17)11-5-6-12-10(9-11)3-2-4-13(12)14-16-7-8-19-14;1-2/h5-9,13H,2-4H2,1H3;1-2H3. The average Bonchev–Trinajstić information content (AvgIpc) is 3.09. The number of carbonyl (C=O) groups excluding carboxylic acids is 1. The van der Waals surface area contributed by atoms with Crippen LogP contribution in [0, 0.1) is 0 Å². The van der Waals surface area contributed by atoms with E-state index in [4.69, 9.17) is 4.74 Å². The van der Waals surface area contributed by atoms with E-state index >= 15 is 0 Å². The Kier molecular flexibility index (Phi) is 5.51. The molecule has 2 aromatic rings. The zero-order chi connectivity index (χ0) is 15.2. The highest BCUT2D eigenvalue weighted by molar-refractivity contribution is 7.09. The molecule has 1 aromatic heterocycles. The van der Waals surface area contributed by atoms with Crippen LogP contribution < -0.4 is 0 Å². The maximum atomic E-state index is 11.6. The summed E-state index contributed by atoms with van der Waals surface area (Å²) < 4.78 is 4.78. The van der Waals surface area contributed by atoms with E-state index < -0.39 is 0 Å². The number of rotatable bonds is 2. The summed E-state index contributed by atoms with van der Waals surface area (Å²) in [6.07, 6.45) is 5.17. The average molecular weight is 303 g/mol. The van der Waals surface area contributed by atoms with Gasteiger partial charge in [-0.3, -0.25) is 0 Å². The van der Waals surface area contributed by atoms with Gasteiger partial charge in [0.1, 0.15) is 0 Å². The molecule has 3 nitrogen and oxygen atoms in total. The Labute approximate surface area is 130 Å². The number of ether oxygens (including phenoxy) is 1. The van der Waals surface area contributed by atoms with Crippen LogP contribution in [0.1, 0.15) is 59.1 Å². The number of aromatic nitrogens is 1. The zero-order valence-corrected chi connectivity index (χ0v) is 13.6. The van der Waals surface area contributed by atoms with Crippen LogP contribution >= 0.6 is 11.3 Å². The molecule has 0 radical (unpaired) electrons. The van der Waals surface area contributed by atoms with Crippen molar-refractivity contribution in [2.24, 2.45) is 0 Å². The van der Waals surface area contributed by atoms with Crippen LogP contribution in [0.3, 0.4) is 0 Å². The Morgan fingerprint density at radius 2 is 2.19 bits per heavy atom. The Morgan fingerprint density at radius 1 is 1.38 bits per heavy atom. The molecular formula is C17H21NO2S. The number of fused-ring (bicyclic) bond motifs is 1. The lowest BCUT2D eigenvalue weighted by molar-refractivity contribution is 0.0600. The highest BCUT2D eigenvalue weighted by Gasteiger charge is 2.24. The number of carbonyl (C=O) groups is 1. The van der Waals surface area contributed by atoms with E-state index in [-0.39, 0.29) is 5.97 Å². The Bertz CT molecular complexity index is 593. The third-order valence-corrected chi connectivity index (χ3v) is 4.52. The SMILES string of the molecule is CC.COC(=O)c1ccc2c(c1)CCCC2c1nccs1. The van der Waals surface area contributed by atoms with Crippen molar-refractivity contribution in [1.82, 2.24) is 4.98 Å². The van der Waals surface area contributed by atoms with Gasteiger partial charge in [0, 0.05) is 17.5 Å². The highest BCUT2D eigenvalue weighted by atomic mass is 32.1. The second kappa shape index (κ2) is 7.36. The molecule has 0 saturated carbocycles. The van der Waals surface area contributed by atoms with Crippen LogP contribution in [0.25, 0.3) is 0 Å². The van der Waals surface area contributed by atoms with Crippen LogP contribution in [0.2, 0.25) is 0 Å². The van der Waals surface area contributed by atoms with Gasteiger partial charge in [0.05, 0.1) is 17.7 Å². The van der Waals surface area contributed by atoms with Crippen molar-refractivity contribution >= 4 is 17.3 Å². The molecule has 0 fully saturated rings. The lowest BCUT2D eigenvalue weighted by atomic mass is 9.82. The summed E-state index contributed by atoms with van der Waals surface area (Å²) >= 11 is 1.71. The molecule has 4 heteroatoms.